The summed E-state index contributed by atoms with van der Waals surface area (Å²) in [6.07, 6.45) is 2.24. The minimum Gasteiger partial charge on any atom is -0.309 e. The monoisotopic (exact) mass is 698 g/mol. The Morgan fingerprint density at radius 1 is 0.400 bits per heavy atom. The molecule has 0 fully saturated rings. The standard InChI is InChI=1S/C53H34N2/c54-35-37-24-26-39(27-25-37)49(38-12-2-1-3-13-38)34-36-22-28-40(29-23-36)52-45-16-4-6-18-47(45)53(48-19-7-5-17-46(48)52)41-30-32-42(33-31-41)55-50-20-10-8-14-43(50)44-15-9-11-21-51(44)55/h1-34H/b49-34+. The van der Waals surface area contributed by atoms with E-state index in [0.29, 0.717) is 5.56 Å². The number of benzene rings is 9. The fourth-order valence-corrected chi connectivity index (χ4v) is 8.32. The highest BCUT2D eigenvalue weighted by molar-refractivity contribution is 6.21. The van der Waals surface area contributed by atoms with Crippen LogP contribution in [0.4, 0.5) is 0 Å². The molecule has 1 aromatic heterocycles. The van der Waals surface area contributed by atoms with Crippen LogP contribution >= 0.6 is 0 Å². The Hall–Kier alpha value is -7.47. The van der Waals surface area contributed by atoms with E-state index in [-0.39, 0.29) is 0 Å². The van der Waals surface area contributed by atoms with E-state index in [2.05, 4.69) is 187 Å². The summed E-state index contributed by atoms with van der Waals surface area (Å²) in [5.74, 6) is 0. The molecule has 0 saturated heterocycles. The van der Waals surface area contributed by atoms with E-state index in [1.165, 1.54) is 65.6 Å². The highest BCUT2D eigenvalue weighted by Crippen LogP contribution is 2.44. The Kier molecular flexibility index (Phi) is 7.90. The lowest BCUT2D eigenvalue weighted by molar-refractivity contribution is 1.18. The zero-order valence-corrected chi connectivity index (χ0v) is 30.0. The second-order valence-corrected chi connectivity index (χ2v) is 14.0. The van der Waals surface area contributed by atoms with Gasteiger partial charge in [-0.05, 0) is 109 Å². The molecule has 2 heteroatoms. The Labute approximate surface area is 320 Å². The van der Waals surface area contributed by atoms with Crippen molar-refractivity contribution in [3.63, 3.8) is 0 Å². The summed E-state index contributed by atoms with van der Waals surface area (Å²) < 4.78 is 2.37. The van der Waals surface area contributed by atoms with Crippen molar-refractivity contribution in [3.05, 3.63) is 222 Å². The van der Waals surface area contributed by atoms with Crippen molar-refractivity contribution in [2.75, 3.05) is 0 Å². The summed E-state index contributed by atoms with van der Waals surface area (Å²) in [7, 11) is 0. The third kappa shape index (κ3) is 5.59. The second kappa shape index (κ2) is 13.5. The van der Waals surface area contributed by atoms with E-state index >= 15 is 0 Å². The number of nitrogens with zero attached hydrogens (tertiary/aromatic N) is 2. The van der Waals surface area contributed by atoms with Gasteiger partial charge in [-0.15, -0.1) is 0 Å². The Bertz CT molecular complexity index is 2990. The first kappa shape index (κ1) is 32.2. The van der Waals surface area contributed by atoms with Crippen LogP contribution in [0.1, 0.15) is 22.3 Å². The molecule has 1 heterocycles. The SMILES string of the molecule is N#Cc1ccc(/C(=C/c2ccc(-c3c4ccccc4c(-c4ccc(-n5c6ccccc6c6ccccc65)cc4)c4ccccc34)cc2)c2ccccc2)cc1. The molecule has 0 spiro atoms. The predicted molar refractivity (Wildman–Crippen MR) is 231 cm³/mol. The zero-order chi connectivity index (χ0) is 36.7. The Morgan fingerprint density at radius 2 is 0.818 bits per heavy atom. The molecular weight excluding hydrogens is 665 g/mol. The average Bonchev–Trinajstić information content (AvgIpc) is 3.60. The topological polar surface area (TPSA) is 28.7 Å². The summed E-state index contributed by atoms with van der Waals surface area (Å²) in [6.45, 7) is 0. The number of hydrogen-bond acceptors (Lipinski definition) is 1. The molecule has 0 N–H and O–H groups in total. The van der Waals surface area contributed by atoms with Gasteiger partial charge in [-0.1, -0.05) is 164 Å². The number of nitriles is 1. The minimum atomic E-state index is 0.655. The molecule has 10 aromatic rings. The smallest absolute Gasteiger partial charge is 0.0991 e. The van der Waals surface area contributed by atoms with Gasteiger partial charge in [0.25, 0.3) is 0 Å². The van der Waals surface area contributed by atoms with Crippen molar-refractivity contribution >= 4 is 55.0 Å². The molecule has 256 valence electrons. The van der Waals surface area contributed by atoms with Crippen molar-refractivity contribution in [1.29, 1.82) is 5.26 Å². The van der Waals surface area contributed by atoms with Gasteiger partial charge in [0, 0.05) is 16.5 Å². The molecule has 10 rings (SSSR count). The van der Waals surface area contributed by atoms with Crippen LogP contribution in [0, 0.1) is 11.3 Å². The van der Waals surface area contributed by atoms with Gasteiger partial charge < -0.3 is 4.57 Å². The largest absolute Gasteiger partial charge is 0.309 e. The van der Waals surface area contributed by atoms with Crippen molar-refractivity contribution in [2.24, 2.45) is 0 Å². The van der Waals surface area contributed by atoms with Gasteiger partial charge >= 0.3 is 0 Å². The molecule has 55 heavy (non-hydrogen) atoms. The van der Waals surface area contributed by atoms with Crippen molar-refractivity contribution in [2.45, 2.75) is 0 Å². The molecule has 0 aliphatic carbocycles. The summed E-state index contributed by atoms with van der Waals surface area (Å²) >= 11 is 0. The van der Waals surface area contributed by atoms with Crippen LogP contribution in [0.3, 0.4) is 0 Å². The maximum atomic E-state index is 9.38. The highest BCUT2D eigenvalue weighted by Gasteiger charge is 2.18. The van der Waals surface area contributed by atoms with E-state index in [1.54, 1.807) is 0 Å². The Balaban J connectivity index is 1.09. The molecular formula is C53H34N2. The van der Waals surface area contributed by atoms with Gasteiger partial charge in [0.15, 0.2) is 0 Å². The summed E-state index contributed by atoms with van der Waals surface area (Å²) in [5, 5.41) is 16.8. The van der Waals surface area contributed by atoms with E-state index in [4.69, 9.17) is 0 Å². The van der Waals surface area contributed by atoms with Gasteiger partial charge in [-0.2, -0.15) is 5.26 Å². The summed E-state index contributed by atoms with van der Waals surface area (Å²) in [4.78, 5) is 0. The van der Waals surface area contributed by atoms with Crippen molar-refractivity contribution in [1.82, 2.24) is 4.57 Å². The van der Waals surface area contributed by atoms with Gasteiger partial charge in [-0.25, -0.2) is 0 Å². The minimum absolute atomic E-state index is 0.655. The van der Waals surface area contributed by atoms with Crippen LogP contribution in [-0.4, -0.2) is 4.57 Å². The van der Waals surface area contributed by atoms with Crippen molar-refractivity contribution in [3.8, 4) is 34.0 Å². The first-order valence-corrected chi connectivity index (χ1v) is 18.7. The highest BCUT2D eigenvalue weighted by atomic mass is 15.0. The molecule has 0 atom stereocenters. The normalized spacial score (nSPS) is 11.7. The molecule has 2 nitrogen and oxygen atoms in total. The van der Waals surface area contributed by atoms with Crippen LogP contribution in [0.2, 0.25) is 0 Å². The molecule has 0 bridgehead atoms. The maximum Gasteiger partial charge on any atom is 0.0991 e. The molecule has 0 saturated carbocycles. The molecule has 0 amide bonds. The van der Waals surface area contributed by atoms with Crippen LogP contribution < -0.4 is 0 Å². The predicted octanol–water partition coefficient (Wildman–Crippen LogP) is 13.9. The number of aromatic nitrogens is 1. The van der Waals surface area contributed by atoms with Gasteiger partial charge in [0.05, 0.1) is 22.7 Å². The van der Waals surface area contributed by atoms with Crippen LogP contribution in [-0.2, 0) is 0 Å². The van der Waals surface area contributed by atoms with E-state index in [1.807, 2.05) is 30.3 Å². The third-order valence-corrected chi connectivity index (χ3v) is 10.8. The lowest BCUT2D eigenvalue weighted by Crippen LogP contribution is -1.94. The molecule has 0 unspecified atom stereocenters. The molecule has 9 aromatic carbocycles. The number of fused-ring (bicyclic) bond motifs is 5. The zero-order valence-electron chi connectivity index (χ0n) is 30.0. The molecule has 0 aliphatic heterocycles. The van der Waals surface area contributed by atoms with E-state index < -0.39 is 0 Å². The van der Waals surface area contributed by atoms with Crippen molar-refractivity contribution < 1.29 is 0 Å². The first-order valence-electron chi connectivity index (χ1n) is 18.7. The molecule has 0 aliphatic rings. The fraction of sp³-hybridized carbons (Fsp3) is 0. The van der Waals surface area contributed by atoms with Gasteiger partial charge in [-0.3, -0.25) is 0 Å². The fourth-order valence-electron chi connectivity index (χ4n) is 8.32. The average molecular weight is 699 g/mol. The van der Waals surface area contributed by atoms with Gasteiger partial charge in [0.1, 0.15) is 0 Å². The maximum absolute atomic E-state index is 9.38. The lowest BCUT2D eigenvalue weighted by atomic mass is 9.85. The Morgan fingerprint density at radius 3 is 1.31 bits per heavy atom. The first-order chi connectivity index (χ1) is 27.2. The summed E-state index contributed by atoms with van der Waals surface area (Å²) in [5.41, 5.74) is 13.5. The quantitative estimate of drug-likeness (QED) is 0.126. The second-order valence-electron chi connectivity index (χ2n) is 14.0. The van der Waals surface area contributed by atoms with Crippen LogP contribution in [0.15, 0.2) is 200 Å². The molecule has 0 radical (unpaired) electrons. The third-order valence-electron chi connectivity index (χ3n) is 10.8. The van der Waals surface area contributed by atoms with E-state index in [0.717, 1.165) is 28.0 Å². The van der Waals surface area contributed by atoms with Crippen LogP contribution in [0.25, 0.3) is 82.9 Å². The summed E-state index contributed by atoms with van der Waals surface area (Å²) in [6, 6.07) is 73.5. The van der Waals surface area contributed by atoms with Crippen LogP contribution in [0.5, 0.6) is 0 Å². The van der Waals surface area contributed by atoms with Gasteiger partial charge in [0.2, 0.25) is 0 Å². The van der Waals surface area contributed by atoms with E-state index in [9.17, 15) is 5.26 Å². The number of rotatable bonds is 6. The number of hydrogen-bond donors (Lipinski definition) is 0. The lowest BCUT2D eigenvalue weighted by Gasteiger charge is -2.18. The number of para-hydroxylation sites is 2.